The number of hydrogen-bond donors (Lipinski definition) is 2. The molecule has 2 atom stereocenters. The Labute approximate surface area is 131 Å². The largest absolute Gasteiger partial charge is 0.481 e. The minimum atomic E-state index is -0.762. The molecule has 0 aromatic heterocycles. The van der Waals surface area contributed by atoms with Crippen LogP contribution in [0, 0.1) is 11.3 Å². The Morgan fingerprint density at radius 1 is 1.32 bits per heavy atom. The first-order valence-electron chi connectivity index (χ1n) is 8.15. The molecule has 0 unspecified atom stereocenters. The number of carbonyl (C=O) groups is 3. The SMILES string of the molecule is CC(C)NC(=O)CCCC(=O)N1C[C@@H]2CCC[C@@]2(C(=O)O)C1. The van der Waals surface area contributed by atoms with E-state index in [-0.39, 0.29) is 23.8 Å². The van der Waals surface area contributed by atoms with Gasteiger partial charge in [0.1, 0.15) is 0 Å². The van der Waals surface area contributed by atoms with Crippen molar-refractivity contribution in [2.45, 2.75) is 58.4 Å². The van der Waals surface area contributed by atoms with Gasteiger partial charge in [-0.15, -0.1) is 0 Å². The Bertz CT molecular complexity index is 463. The summed E-state index contributed by atoms with van der Waals surface area (Å²) in [5.41, 5.74) is -0.718. The fourth-order valence-electron chi connectivity index (χ4n) is 3.78. The molecule has 22 heavy (non-hydrogen) atoms. The van der Waals surface area contributed by atoms with Gasteiger partial charge in [0, 0.05) is 32.0 Å². The van der Waals surface area contributed by atoms with Gasteiger partial charge < -0.3 is 15.3 Å². The maximum absolute atomic E-state index is 12.2. The highest BCUT2D eigenvalue weighted by atomic mass is 16.4. The Morgan fingerprint density at radius 3 is 2.64 bits per heavy atom. The van der Waals surface area contributed by atoms with Crippen LogP contribution in [0.25, 0.3) is 0 Å². The number of fused-ring (bicyclic) bond motifs is 1. The van der Waals surface area contributed by atoms with Gasteiger partial charge in [0.15, 0.2) is 0 Å². The highest BCUT2D eigenvalue weighted by Crippen LogP contribution is 2.48. The van der Waals surface area contributed by atoms with Crippen LogP contribution in [0.4, 0.5) is 0 Å². The van der Waals surface area contributed by atoms with Crippen LogP contribution in [-0.2, 0) is 14.4 Å². The van der Waals surface area contributed by atoms with Crippen LogP contribution in [0.3, 0.4) is 0 Å². The molecule has 1 heterocycles. The number of nitrogens with zero attached hydrogens (tertiary/aromatic N) is 1. The van der Waals surface area contributed by atoms with Crippen LogP contribution in [-0.4, -0.2) is 46.9 Å². The predicted molar refractivity (Wildman–Crippen MR) is 81.1 cm³/mol. The molecule has 1 saturated carbocycles. The second-order valence-electron chi connectivity index (χ2n) is 6.90. The minimum absolute atomic E-state index is 0.0210. The molecule has 2 rings (SSSR count). The Hall–Kier alpha value is -1.59. The van der Waals surface area contributed by atoms with Gasteiger partial charge >= 0.3 is 5.97 Å². The Morgan fingerprint density at radius 2 is 2.05 bits per heavy atom. The van der Waals surface area contributed by atoms with Gasteiger partial charge in [-0.2, -0.15) is 0 Å². The van der Waals surface area contributed by atoms with E-state index in [4.69, 9.17) is 0 Å². The third-order valence-corrected chi connectivity index (χ3v) is 4.89. The van der Waals surface area contributed by atoms with E-state index >= 15 is 0 Å². The van der Waals surface area contributed by atoms with E-state index in [1.54, 1.807) is 4.90 Å². The molecule has 1 aliphatic carbocycles. The van der Waals surface area contributed by atoms with Crippen molar-refractivity contribution in [1.29, 1.82) is 0 Å². The lowest BCUT2D eigenvalue weighted by molar-refractivity contribution is -0.149. The van der Waals surface area contributed by atoms with Crippen molar-refractivity contribution < 1.29 is 19.5 Å². The van der Waals surface area contributed by atoms with E-state index in [1.165, 1.54) is 0 Å². The maximum atomic E-state index is 12.2. The predicted octanol–water partition coefficient (Wildman–Crippen LogP) is 1.39. The van der Waals surface area contributed by atoms with Crippen molar-refractivity contribution in [3.05, 3.63) is 0 Å². The summed E-state index contributed by atoms with van der Waals surface area (Å²) in [5.74, 6) is -0.727. The second-order valence-corrected chi connectivity index (χ2v) is 6.90. The number of amides is 2. The quantitative estimate of drug-likeness (QED) is 0.776. The second kappa shape index (κ2) is 6.67. The lowest BCUT2D eigenvalue weighted by Gasteiger charge is -2.23. The van der Waals surface area contributed by atoms with Crippen molar-refractivity contribution >= 4 is 17.8 Å². The van der Waals surface area contributed by atoms with Gasteiger partial charge in [0.25, 0.3) is 0 Å². The summed E-state index contributed by atoms with van der Waals surface area (Å²) in [5, 5.41) is 12.3. The number of nitrogens with one attached hydrogen (secondary N) is 1. The standard InChI is InChI=1S/C16H26N2O4/c1-11(2)17-13(19)6-3-7-14(20)18-9-12-5-4-8-16(12,10-18)15(21)22/h11-12H,3-10H2,1-2H3,(H,17,19)(H,21,22)/t12-,16+/m0/s1. The van der Waals surface area contributed by atoms with E-state index in [0.29, 0.717) is 38.8 Å². The molecule has 2 aliphatic rings. The van der Waals surface area contributed by atoms with Crippen LogP contribution in [0.1, 0.15) is 52.4 Å². The lowest BCUT2D eigenvalue weighted by Crippen LogP contribution is -2.37. The first-order chi connectivity index (χ1) is 10.3. The van der Waals surface area contributed by atoms with Crippen LogP contribution in [0.15, 0.2) is 0 Å². The molecule has 1 aliphatic heterocycles. The van der Waals surface area contributed by atoms with Gasteiger partial charge in [-0.3, -0.25) is 14.4 Å². The van der Waals surface area contributed by atoms with Gasteiger partial charge in [-0.1, -0.05) is 6.42 Å². The van der Waals surface area contributed by atoms with Crippen LogP contribution >= 0.6 is 0 Å². The summed E-state index contributed by atoms with van der Waals surface area (Å²) < 4.78 is 0. The number of carbonyl (C=O) groups excluding carboxylic acids is 2. The third-order valence-electron chi connectivity index (χ3n) is 4.89. The van der Waals surface area contributed by atoms with Crippen LogP contribution in [0.2, 0.25) is 0 Å². The van der Waals surface area contributed by atoms with E-state index < -0.39 is 11.4 Å². The minimum Gasteiger partial charge on any atom is -0.481 e. The normalized spacial score (nSPS) is 27.0. The average molecular weight is 310 g/mol. The first kappa shape index (κ1) is 16.8. The van der Waals surface area contributed by atoms with E-state index in [2.05, 4.69) is 5.32 Å². The summed E-state index contributed by atoms with van der Waals surface area (Å²) in [7, 11) is 0. The van der Waals surface area contributed by atoms with Crippen LogP contribution in [0.5, 0.6) is 0 Å². The van der Waals surface area contributed by atoms with Gasteiger partial charge in [0.2, 0.25) is 11.8 Å². The number of aliphatic carboxylic acids is 1. The number of hydrogen-bond acceptors (Lipinski definition) is 3. The van der Waals surface area contributed by atoms with Crippen molar-refractivity contribution in [3.63, 3.8) is 0 Å². The fourth-order valence-corrected chi connectivity index (χ4v) is 3.78. The molecule has 2 N–H and O–H groups in total. The maximum Gasteiger partial charge on any atom is 0.311 e. The molecule has 6 heteroatoms. The van der Waals surface area contributed by atoms with Crippen molar-refractivity contribution in [2.24, 2.45) is 11.3 Å². The number of likely N-dealkylation sites (tertiary alicyclic amines) is 1. The van der Waals surface area contributed by atoms with Gasteiger partial charge in [0.05, 0.1) is 5.41 Å². The number of carboxylic acid groups (broad SMARTS) is 1. The first-order valence-corrected chi connectivity index (χ1v) is 8.15. The monoisotopic (exact) mass is 310 g/mol. The zero-order valence-electron chi connectivity index (χ0n) is 13.4. The molecule has 0 aromatic rings. The van der Waals surface area contributed by atoms with Gasteiger partial charge in [-0.05, 0) is 39.0 Å². The Kier molecular flexibility index (Phi) is 5.08. The van der Waals surface area contributed by atoms with Crippen LogP contribution < -0.4 is 5.32 Å². The smallest absolute Gasteiger partial charge is 0.311 e. The highest BCUT2D eigenvalue weighted by Gasteiger charge is 2.55. The lowest BCUT2D eigenvalue weighted by atomic mass is 9.81. The fraction of sp³-hybridized carbons (Fsp3) is 0.812. The van der Waals surface area contributed by atoms with Crippen molar-refractivity contribution in [3.8, 4) is 0 Å². The highest BCUT2D eigenvalue weighted by molar-refractivity contribution is 5.82. The zero-order valence-corrected chi connectivity index (χ0v) is 13.4. The Balaban J connectivity index is 1.80. The molecule has 2 amide bonds. The van der Waals surface area contributed by atoms with Crippen molar-refractivity contribution in [2.75, 3.05) is 13.1 Å². The molecule has 6 nitrogen and oxygen atoms in total. The van der Waals surface area contributed by atoms with Crippen molar-refractivity contribution in [1.82, 2.24) is 10.2 Å². The summed E-state index contributed by atoms with van der Waals surface area (Å²) >= 11 is 0. The van der Waals surface area contributed by atoms with E-state index in [1.807, 2.05) is 13.8 Å². The molecule has 2 fully saturated rings. The molecule has 0 bridgehead atoms. The topological polar surface area (TPSA) is 86.7 Å². The average Bonchev–Trinajstić information content (AvgIpc) is 2.94. The molecule has 0 radical (unpaired) electrons. The number of carboxylic acids is 1. The summed E-state index contributed by atoms with van der Waals surface area (Å²) in [6.07, 6.45) is 3.67. The molecular weight excluding hydrogens is 284 g/mol. The van der Waals surface area contributed by atoms with E-state index in [0.717, 1.165) is 12.8 Å². The molecule has 124 valence electrons. The van der Waals surface area contributed by atoms with Gasteiger partial charge in [-0.25, -0.2) is 0 Å². The molecular formula is C16H26N2O4. The summed E-state index contributed by atoms with van der Waals surface area (Å²) in [6, 6.07) is 0.108. The number of rotatable bonds is 6. The van der Waals surface area contributed by atoms with E-state index in [9.17, 15) is 19.5 Å². The zero-order chi connectivity index (χ0) is 16.3. The summed E-state index contributed by atoms with van der Waals surface area (Å²) in [6.45, 7) is 4.70. The molecule has 1 saturated heterocycles. The molecule has 0 spiro atoms. The molecule has 0 aromatic carbocycles. The third kappa shape index (κ3) is 3.42. The summed E-state index contributed by atoms with van der Waals surface area (Å²) in [4.78, 5) is 37.1.